The standard InChI is InChI=1S/C17H22N4O3/c1-12-4-3-5-18-16(12)13(2)19-17(22)15-10-14(24-20-15)11-21-6-8-23-9-7-21/h3-5,10,13H,6-9,11H2,1-2H3,(H,19,22)/t13-/m0/s1. The first-order valence-electron chi connectivity index (χ1n) is 8.11. The predicted octanol–water partition coefficient (Wildman–Crippen LogP) is 1.70. The van der Waals surface area contributed by atoms with E-state index in [0.717, 1.165) is 37.6 Å². The van der Waals surface area contributed by atoms with Gasteiger partial charge in [0, 0.05) is 25.4 Å². The largest absolute Gasteiger partial charge is 0.379 e. The molecule has 7 nitrogen and oxygen atoms in total. The number of hydrogen-bond donors (Lipinski definition) is 1. The van der Waals surface area contributed by atoms with Crippen molar-refractivity contribution in [3.63, 3.8) is 0 Å². The van der Waals surface area contributed by atoms with Crippen LogP contribution in [0.1, 0.15) is 40.5 Å². The monoisotopic (exact) mass is 330 g/mol. The van der Waals surface area contributed by atoms with Crippen molar-refractivity contribution in [1.29, 1.82) is 0 Å². The molecule has 0 aromatic carbocycles. The number of amides is 1. The lowest BCUT2D eigenvalue weighted by Gasteiger charge is -2.25. The van der Waals surface area contributed by atoms with Crippen molar-refractivity contribution in [2.45, 2.75) is 26.4 Å². The van der Waals surface area contributed by atoms with Gasteiger partial charge < -0.3 is 14.6 Å². The smallest absolute Gasteiger partial charge is 0.273 e. The molecule has 0 unspecified atom stereocenters. The van der Waals surface area contributed by atoms with Gasteiger partial charge in [0.2, 0.25) is 0 Å². The van der Waals surface area contributed by atoms with Gasteiger partial charge in [-0.15, -0.1) is 0 Å². The lowest BCUT2D eigenvalue weighted by atomic mass is 10.1. The second kappa shape index (κ2) is 7.55. The molecular weight excluding hydrogens is 308 g/mol. The van der Waals surface area contributed by atoms with Crippen molar-refractivity contribution in [2.24, 2.45) is 0 Å². The van der Waals surface area contributed by atoms with Gasteiger partial charge in [-0.25, -0.2) is 0 Å². The number of pyridine rings is 1. The molecular formula is C17H22N4O3. The summed E-state index contributed by atoms with van der Waals surface area (Å²) in [5, 5.41) is 6.80. The van der Waals surface area contributed by atoms with E-state index in [0.29, 0.717) is 18.0 Å². The van der Waals surface area contributed by atoms with Gasteiger partial charge in [0.25, 0.3) is 5.91 Å². The van der Waals surface area contributed by atoms with Crippen LogP contribution in [0, 0.1) is 6.92 Å². The number of aromatic nitrogens is 2. The number of hydrogen-bond acceptors (Lipinski definition) is 6. The van der Waals surface area contributed by atoms with Crippen LogP contribution in [-0.4, -0.2) is 47.3 Å². The van der Waals surface area contributed by atoms with Gasteiger partial charge in [0.05, 0.1) is 31.5 Å². The molecule has 1 atom stereocenters. The van der Waals surface area contributed by atoms with E-state index >= 15 is 0 Å². The zero-order valence-electron chi connectivity index (χ0n) is 14.0. The van der Waals surface area contributed by atoms with Crippen LogP contribution in [0.3, 0.4) is 0 Å². The zero-order valence-corrected chi connectivity index (χ0v) is 14.0. The molecule has 0 bridgehead atoms. The highest BCUT2D eigenvalue weighted by Crippen LogP contribution is 2.15. The van der Waals surface area contributed by atoms with Crippen LogP contribution in [-0.2, 0) is 11.3 Å². The van der Waals surface area contributed by atoms with Crippen LogP contribution in [0.25, 0.3) is 0 Å². The maximum absolute atomic E-state index is 12.4. The van der Waals surface area contributed by atoms with Crippen LogP contribution in [0.4, 0.5) is 0 Å². The Hall–Kier alpha value is -2.25. The fourth-order valence-electron chi connectivity index (χ4n) is 2.76. The van der Waals surface area contributed by atoms with Gasteiger partial charge in [-0.1, -0.05) is 11.2 Å². The summed E-state index contributed by atoms with van der Waals surface area (Å²) in [5.41, 5.74) is 2.18. The van der Waals surface area contributed by atoms with Crippen LogP contribution in [0.15, 0.2) is 28.9 Å². The van der Waals surface area contributed by atoms with Gasteiger partial charge >= 0.3 is 0 Å². The SMILES string of the molecule is Cc1cccnc1[C@H](C)NC(=O)c1cc(CN2CCOCC2)on1. The number of rotatable bonds is 5. The molecule has 1 aliphatic rings. The summed E-state index contributed by atoms with van der Waals surface area (Å²) in [5.74, 6) is 0.424. The van der Waals surface area contributed by atoms with E-state index in [4.69, 9.17) is 9.26 Å². The first kappa shape index (κ1) is 16.6. The molecule has 3 heterocycles. The van der Waals surface area contributed by atoms with Crippen molar-refractivity contribution >= 4 is 5.91 Å². The third-order valence-corrected chi connectivity index (χ3v) is 4.08. The number of carbonyl (C=O) groups is 1. The molecule has 0 saturated carbocycles. The molecule has 7 heteroatoms. The summed E-state index contributed by atoms with van der Waals surface area (Å²) in [6.45, 7) is 7.68. The lowest BCUT2D eigenvalue weighted by Crippen LogP contribution is -2.35. The summed E-state index contributed by atoms with van der Waals surface area (Å²) < 4.78 is 10.6. The third kappa shape index (κ3) is 3.98. The molecule has 128 valence electrons. The minimum absolute atomic E-state index is 0.196. The highest BCUT2D eigenvalue weighted by Gasteiger charge is 2.19. The van der Waals surface area contributed by atoms with E-state index in [1.165, 1.54) is 0 Å². The first-order valence-corrected chi connectivity index (χ1v) is 8.11. The number of nitrogens with one attached hydrogen (secondary N) is 1. The van der Waals surface area contributed by atoms with Gasteiger partial charge in [-0.3, -0.25) is 14.7 Å². The molecule has 24 heavy (non-hydrogen) atoms. The Morgan fingerprint density at radius 2 is 2.21 bits per heavy atom. The van der Waals surface area contributed by atoms with Crippen molar-refractivity contribution < 1.29 is 14.1 Å². The Morgan fingerprint density at radius 1 is 1.42 bits per heavy atom. The number of carbonyl (C=O) groups excluding carboxylic acids is 1. The summed E-state index contributed by atoms with van der Waals surface area (Å²) >= 11 is 0. The molecule has 1 N–H and O–H groups in total. The molecule has 0 spiro atoms. The average Bonchev–Trinajstić information content (AvgIpc) is 3.04. The third-order valence-electron chi connectivity index (χ3n) is 4.08. The Labute approximate surface area is 141 Å². The molecule has 2 aromatic rings. The number of morpholine rings is 1. The summed E-state index contributed by atoms with van der Waals surface area (Å²) in [4.78, 5) is 18.9. The Kier molecular flexibility index (Phi) is 5.22. The highest BCUT2D eigenvalue weighted by molar-refractivity contribution is 5.92. The molecule has 1 saturated heterocycles. The topological polar surface area (TPSA) is 80.5 Å². The van der Waals surface area contributed by atoms with E-state index in [9.17, 15) is 4.79 Å². The summed E-state index contributed by atoms with van der Waals surface area (Å²) in [6.07, 6.45) is 1.72. The van der Waals surface area contributed by atoms with Crippen LogP contribution >= 0.6 is 0 Å². The van der Waals surface area contributed by atoms with Crippen molar-refractivity contribution in [3.05, 3.63) is 47.1 Å². The molecule has 1 aliphatic heterocycles. The number of ether oxygens (including phenoxy) is 1. The van der Waals surface area contributed by atoms with E-state index in [2.05, 4.69) is 20.4 Å². The van der Waals surface area contributed by atoms with E-state index in [1.807, 2.05) is 26.0 Å². The van der Waals surface area contributed by atoms with Crippen LogP contribution < -0.4 is 5.32 Å². The maximum Gasteiger partial charge on any atom is 0.273 e. The van der Waals surface area contributed by atoms with E-state index in [-0.39, 0.29) is 11.9 Å². The zero-order chi connectivity index (χ0) is 16.9. The fraction of sp³-hybridized carbons (Fsp3) is 0.471. The highest BCUT2D eigenvalue weighted by atomic mass is 16.5. The molecule has 0 aliphatic carbocycles. The lowest BCUT2D eigenvalue weighted by molar-refractivity contribution is 0.0305. The molecule has 0 radical (unpaired) electrons. The van der Waals surface area contributed by atoms with Gasteiger partial charge in [0.15, 0.2) is 11.5 Å². The first-order chi connectivity index (χ1) is 11.6. The number of aryl methyl sites for hydroxylation is 1. The van der Waals surface area contributed by atoms with Crippen molar-refractivity contribution in [1.82, 2.24) is 20.4 Å². The Morgan fingerprint density at radius 3 is 2.96 bits per heavy atom. The van der Waals surface area contributed by atoms with E-state index in [1.54, 1.807) is 12.3 Å². The van der Waals surface area contributed by atoms with Crippen molar-refractivity contribution in [2.75, 3.05) is 26.3 Å². The van der Waals surface area contributed by atoms with Crippen LogP contribution in [0.2, 0.25) is 0 Å². The second-order valence-corrected chi connectivity index (χ2v) is 5.97. The summed E-state index contributed by atoms with van der Waals surface area (Å²) in [6, 6.07) is 5.35. The average molecular weight is 330 g/mol. The normalized spacial score (nSPS) is 16.8. The molecule has 1 amide bonds. The minimum atomic E-state index is -0.260. The maximum atomic E-state index is 12.4. The van der Waals surface area contributed by atoms with E-state index < -0.39 is 0 Å². The second-order valence-electron chi connectivity index (χ2n) is 5.97. The quantitative estimate of drug-likeness (QED) is 0.899. The molecule has 3 rings (SSSR count). The van der Waals surface area contributed by atoms with Crippen LogP contribution in [0.5, 0.6) is 0 Å². The Balaban J connectivity index is 1.60. The van der Waals surface area contributed by atoms with Gasteiger partial charge in [-0.2, -0.15) is 0 Å². The van der Waals surface area contributed by atoms with Gasteiger partial charge in [0.1, 0.15) is 0 Å². The van der Waals surface area contributed by atoms with Gasteiger partial charge in [-0.05, 0) is 25.5 Å². The fourth-order valence-corrected chi connectivity index (χ4v) is 2.76. The summed E-state index contributed by atoms with van der Waals surface area (Å²) in [7, 11) is 0. The molecule has 2 aromatic heterocycles. The predicted molar refractivity (Wildman–Crippen MR) is 87.5 cm³/mol. The van der Waals surface area contributed by atoms with Crippen molar-refractivity contribution in [3.8, 4) is 0 Å². The Bertz CT molecular complexity index is 695. The minimum Gasteiger partial charge on any atom is -0.379 e. The number of nitrogens with zero attached hydrogens (tertiary/aromatic N) is 3. The molecule has 1 fully saturated rings.